The second kappa shape index (κ2) is 5.31. The lowest BCUT2D eigenvalue weighted by atomic mass is 10.1. The van der Waals surface area contributed by atoms with Gasteiger partial charge in [0.05, 0.1) is 11.3 Å². The number of alkyl halides is 3. The molecule has 1 heterocycles. The minimum atomic E-state index is -4.80. The summed E-state index contributed by atoms with van der Waals surface area (Å²) < 4.78 is 51.4. The first-order valence-electron chi connectivity index (χ1n) is 6.17. The summed E-state index contributed by atoms with van der Waals surface area (Å²) in [5.41, 5.74) is -1.74. The normalized spacial score (nSPS) is 12.0. The first-order valence-corrected chi connectivity index (χ1v) is 6.17. The smallest absolute Gasteiger partial charge is 0.310 e. The van der Waals surface area contributed by atoms with Crippen molar-refractivity contribution < 1.29 is 17.6 Å². The highest BCUT2D eigenvalue weighted by molar-refractivity contribution is 5.60. The molecule has 0 bridgehead atoms. The molecule has 112 valence electrons. The molecule has 0 saturated heterocycles. The average molecular weight is 300 g/mol. The molecule has 0 spiro atoms. The quantitative estimate of drug-likeness (QED) is 0.859. The van der Waals surface area contributed by atoms with Crippen molar-refractivity contribution in [1.29, 1.82) is 0 Å². The summed E-state index contributed by atoms with van der Waals surface area (Å²) >= 11 is 0. The Morgan fingerprint density at radius 3 is 2.43 bits per heavy atom. The molecular formula is C14H12F4N2O. The van der Waals surface area contributed by atoms with Crippen molar-refractivity contribution in [2.75, 3.05) is 0 Å². The van der Waals surface area contributed by atoms with Gasteiger partial charge in [0.2, 0.25) is 0 Å². The predicted molar refractivity (Wildman–Crippen MR) is 69.3 cm³/mol. The van der Waals surface area contributed by atoms with Crippen molar-refractivity contribution in [2.45, 2.75) is 25.9 Å². The summed E-state index contributed by atoms with van der Waals surface area (Å²) in [5.74, 6) is -1.10. The van der Waals surface area contributed by atoms with Crippen molar-refractivity contribution >= 4 is 0 Å². The SMILES string of the molecule is CC(C)c1nc(-c2ccc(F)c(C(F)(F)F)c2)cc(=O)[nH]1. The van der Waals surface area contributed by atoms with Gasteiger partial charge in [-0.1, -0.05) is 13.8 Å². The highest BCUT2D eigenvalue weighted by Crippen LogP contribution is 2.33. The second-order valence-corrected chi connectivity index (χ2v) is 4.86. The minimum absolute atomic E-state index is 0.0386. The van der Waals surface area contributed by atoms with E-state index in [0.29, 0.717) is 11.9 Å². The van der Waals surface area contributed by atoms with Crippen LogP contribution in [0.15, 0.2) is 29.1 Å². The summed E-state index contributed by atoms with van der Waals surface area (Å²) in [6, 6.07) is 3.62. The number of aromatic amines is 1. The van der Waals surface area contributed by atoms with E-state index in [1.54, 1.807) is 13.8 Å². The van der Waals surface area contributed by atoms with Crippen LogP contribution in [0.1, 0.15) is 31.2 Å². The highest BCUT2D eigenvalue weighted by Gasteiger charge is 2.34. The van der Waals surface area contributed by atoms with Crippen molar-refractivity contribution in [2.24, 2.45) is 0 Å². The Kier molecular flexibility index (Phi) is 3.85. The molecule has 7 heteroatoms. The van der Waals surface area contributed by atoms with Crippen molar-refractivity contribution in [3.63, 3.8) is 0 Å². The van der Waals surface area contributed by atoms with Gasteiger partial charge in [-0.05, 0) is 18.2 Å². The zero-order valence-corrected chi connectivity index (χ0v) is 11.3. The van der Waals surface area contributed by atoms with Gasteiger partial charge in [-0.25, -0.2) is 9.37 Å². The lowest BCUT2D eigenvalue weighted by molar-refractivity contribution is -0.139. The number of rotatable bonds is 2. The van der Waals surface area contributed by atoms with E-state index in [-0.39, 0.29) is 17.2 Å². The standard InChI is InChI=1S/C14H12F4N2O/c1-7(2)13-19-11(6-12(21)20-13)8-3-4-10(15)9(5-8)14(16,17)18/h3-7H,1-2H3,(H,19,20,21). The van der Waals surface area contributed by atoms with Crippen LogP contribution in [0, 0.1) is 5.82 Å². The van der Waals surface area contributed by atoms with Gasteiger partial charge in [0.25, 0.3) is 5.56 Å². The molecule has 2 aromatic rings. The number of H-pyrrole nitrogens is 1. The fraction of sp³-hybridized carbons (Fsp3) is 0.286. The van der Waals surface area contributed by atoms with Gasteiger partial charge >= 0.3 is 6.18 Å². The molecule has 1 N–H and O–H groups in total. The fourth-order valence-corrected chi connectivity index (χ4v) is 1.80. The highest BCUT2D eigenvalue weighted by atomic mass is 19.4. The Hall–Kier alpha value is -2.18. The van der Waals surface area contributed by atoms with E-state index in [4.69, 9.17) is 0 Å². The first-order chi connectivity index (χ1) is 9.68. The molecule has 0 saturated carbocycles. The molecule has 1 aromatic carbocycles. The third kappa shape index (κ3) is 3.29. The maximum absolute atomic E-state index is 13.3. The number of aromatic nitrogens is 2. The third-order valence-corrected chi connectivity index (χ3v) is 2.87. The molecule has 3 nitrogen and oxygen atoms in total. The van der Waals surface area contributed by atoms with E-state index < -0.39 is 23.1 Å². The Morgan fingerprint density at radius 1 is 1.19 bits per heavy atom. The van der Waals surface area contributed by atoms with Gasteiger partial charge in [0.1, 0.15) is 11.6 Å². The maximum Gasteiger partial charge on any atom is 0.419 e. The lowest BCUT2D eigenvalue weighted by Gasteiger charge is -2.11. The first kappa shape index (κ1) is 15.2. The van der Waals surface area contributed by atoms with Crippen LogP contribution in [0.3, 0.4) is 0 Å². The third-order valence-electron chi connectivity index (χ3n) is 2.87. The molecule has 21 heavy (non-hydrogen) atoms. The lowest BCUT2D eigenvalue weighted by Crippen LogP contribution is -2.13. The summed E-state index contributed by atoms with van der Waals surface area (Å²) in [5, 5.41) is 0. The van der Waals surface area contributed by atoms with Crippen molar-refractivity contribution in [1.82, 2.24) is 9.97 Å². The zero-order chi connectivity index (χ0) is 15.8. The predicted octanol–water partition coefficient (Wildman–Crippen LogP) is 3.72. The van der Waals surface area contributed by atoms with Crippen LogP contribution >= 0.6 is 0 Å². The summed E-state index contributed by atoms with van der Waals surface area (Å²) in [6.07, 6.45) is -4.80. The number of nitrogens with one attached hydrogen (secondary N) is 1. The van der Waals surface area contributed by atoms with Crippen LogP contribution in [0.5, 0.6) is 0 Å². The van der Waals surface area contributed by atoms with Crippen LogP contribution in [0.2, 0.25) is 0 Å². The number of hydrogen-bond donors (Lipinski definition) is 1. The van der Waals surface area contributed by atoms with Crippen LogP contribution in [0.25, 0.3) is 11.3 Å². The number of nitrogens with zero attached hydrogens (tertiary/aromatic N) is 1. The summed E-state index contributed by atoms with van der Waals surface area (Å²) in [4.78, 5) is 18.2. The minimum Gasteiger partial charge on any atom is -0.310 e. The van der Waals surface area contributed by atoms with Crippen molar-refractivity contribution in [3.05, 3.63) is 51.8 Å². The van der Waals surface area contributed by atoms with E-state index in [1.165, 1.54) is 0 Å². The van der Waals surface area contributed by atoms with Crippen LogP contribution in [-0.2, 0) is 6.18 Å². The molecule has 1 aromatic heterocycles. The van der Waals surface area contributed by atoms with Gasteiger partial charge in [-0.15, -0.1) is 0 Å². The van der Waals surface area contributed by atoms with Crippen LogP contribution in [0.4, 0.5) is 17.6 Å². The molecule has 0 radical (unpaired) electrons. The second-order valence-electron chi connectivity index (χ2n) is 4.86. The van der Waals surface area contributed by atoms with Crippen LogP contribution < -0.4 is 5.56 Å². The Labute approximate surface area is 117 Å². The molecule has 0 unspecified atom stereocenters. The number of halogens is 4. The Balaban J connectivity index is 2.60. The number of benzene rings is 1. The Bertz CT molecular complexity index is 720. The summed E-state index contributed by atoms with van der Waals surface area (Å²) in [6.45, 7) is 3.57. The van der Waals surface area contributed by atoms with Gasteiger partial charge in [-0.2, -0.15) is 13.2 Å². The largest absolute Gasteiger partial charge is 0.419 e. The van der Waals surface area contributed by atoms with E-state index >= 15 is 0 Å². The summed E-state index contributed by atoms with van der Waals surface area (Å²) in [7, 11) is 0. The molecule has 0 amide bonds. The molecule has 0 aliphatic heterocycles. The van der Waals surface area contributed by atoms with Crippen LogP contribution in [-0.4, -0.2) is 9.97 Å². The van der Waals surface area contributed by atoms with Gasteiger partial charge in [-0.3, -0.25) is 4.79 Å². The van der Waals surface area contributed by atoms with E-state index in [1.807, 2.05) is 0 Å². The molecule has 2 rings (SSSR count). The van der Waals surface area contributed by atoms with Gasteiger partial charge in [0.15, 0.2) is 0 Å². The van der Waals surface area contributed by atoms with E-state index in [0.717, 1.165) is 18.2 Å². The molecule has 0 aliphatic rings. The van der Waals surface area contributed by atoms with Crippen molar-refractivity contribution in [3.8, 4) is 11.3 Å². The monoisotopic (exact) mass is 300 g/mol. The maximum atomic E-state index is 13.3. The molecule has 0 fully saturated rings. The van der Waals surface area contributed by atoms with E-state index in [9.17, 15) is 22.4 Å². The van der Waals surface area contributed by atoms with Gasteiger partial charge < -0.3 is 4.98 Å². The topological polar surface area (TPSA) is 45.8 Å². The molecule has 0 aliphatic carbocycles. The fourth-order valence-electron chi connectivity index (χ4n) is 1.80. The van der Waals surface area contributed by atoms with Gasteiger partial charge in [0, 0.05) is 17.5 Å². The number of hydrogen-bond acceptors (Lipinski definition) is 2. The molecular weight excluding hydrogens is 288 g/mol. The molecule has 0 atom stereocenters. The average Bonchev–Trinajstić information content (AvgIpc) is 2.37. The zero-order valence-electron chi connectivity index (χ0n) is 11.3. The van der Waals surface area contributed by atoms with E-state index in [2.05, 4.69) is 9.97 Å². The Morgan fingerprint density at radius 2 is 1.86 bits per heavy atom.